The first-order valence-corrected chi connectivity index (χ1v) is 9.30. The van der Waals surface area contributed by atoms with Gasteiger partial charge in [0.2, 0.25) is 0 Å². The van der Waals surface area contributed by atoms with Crippen LogP contribution < -0.4 is 10.9 Å². The van der Waals surface area contributed by atoms with Crippen LogP contribution in [0.1, 0.15) is 27.3 Å². The van der Waals surface area contributed by atoms with Gasteiger partial charge in [-0.05, 0) is 36.8 Å². The quantitative estimate of drug-likeness (QED) is 0.503. The first-order valence-electron chi connectivity index (χ1n) is 9.30. The summed E-state index contributed by atoms with van der Waals surface area (Å²) in [5.41, 5.74) is -2.05. The number of carbonyl (C=O) groups is 1. The van der Waals surface area contributed by atoms with Gasteiger partial charge in [0.1, 0.15) is 11.2 Å². The third kappa shape index (κ3) is 3.60. The molecule has 0 radical (unpaired) electrons. The van der Waals surface area contributed by atoms with E-state index in [9.17, 15) is 22.8 Å². The minimum Gasteiger partial charge on any atom is -0.342 e. The Bertz CT molecular complexity index is 1430. The number of nitrogens with one attached hydrogen (secondary N) is 2. The van der Waals surface area contributed by atoms with Crippen molar-refractivity contribution in [2.24, 2.45) is 0 Å². The summed E-state index contributed by atoms with van der Waals surface area (Å²) in [5.74, 6) is -0.819. The van der Waals surface area contributed by atoms with Crippen molar-refractivity contribution in [2.75, 3.05) is 5.32 Å². The lowest BCUT2D eigenvalue weighted by Crippen LogP contribution is -2.29. The highest BCUT2D eigenvalue weighted by atomic mass is 19.4. The maximum absolute atomic E-state index is 13.7. The van der Waals surface area contributed by atoms with Crippen LogP contribution in [0, 0.1) is 18.3 Å². The first kappa shape index (κ1) is 20.9. The zero-order valence-electron chi connectivity index (χ0n) is 16.5. The number of fused-ring (bicyclic) bond motifs is 1. The van der Waals surface area contributed by atoms with Crippen LogP contribution in [0.25, 0.3) is 16.8 Å². The van der Waals surface area contributed by atoms with E-state index < -0.39 is 23.3 Å². The van der Waals surface area contributed by atoms with Crippen molar-refractivity contribution in [1.82, 2.24) is 14.6 Å². The molecule has 32 heavy (non-hydrogen) atoms. The van der Waals surface area contributed by atoms with E-state index in [4.69, 9.17) is 5.26 Å². The summed E-state index contributed by atoms with van der Waals surface area (Å²) in [6.07, 6.45) is -4.82. The standard InChI is InChI=1S/C22H14F3N5O2/c1-12-16(20(31)28-15-9-7-13(11-26)8-10-15)21(32)30-19(27-12)17(14-5-3-2-4-6-14)18(29-30)22(23,24)25/h2-10,27H,1H3,(H,28,31). The molecule has 0 saturated heterocycles. The van der Waals surface area contributed by atoms with Crippen LogP contribution in [-0.4, -0.2) is 20.5 Å². The van der Waals surface area contributed by atoms with Crippen LogP contribution >= 0.6 is 0 Å². The van der Waals surface area contributed by atoms with Crippen molar-refractivity contribution >= 4 is 17.2 Å². The number of hydrogen-bond donors (Lipinski definition) is 2. The number of amides is 1. The first-order chi connectivity index (χ1) is 15.2. The lowest BCUT2D eigenvalue weighted by molar-refractivity contribution is -0.140. The van der Waals surface area contributed by atoms with Crippen LogP contribution in [0.15, 0.2) is 59.4 Å². The maximum atomic E-state index is 13.7. The van der Waals surface area contributed by atoms with E-state index in [1.807, 2.05) is 6.07 Å². The van der Waals surface area contributed by atoms with Gasteiger partial charge in [-0.25, -0.2) is 0 Å². The van der Waals surface area contributed by atoms with E-state index in [1.165, 1.54) is 43.3 Å². The summed E-state index contributed by atoms with van der Waals surface area (Å²) in [7, 11) is 0. The number of carbonyl (C=O) groups excluding carboxylic acids is 1. The Labute approximate surface area is 178 Å². The van der Waals surface area contributed by atoms with Crippen molar-refractivity contribution < 1.29 is 18.0 Å². The largest absolute Gasteiger partial charge is 0.435 e. The monoisotopic (exact) mass is 437 g/mol. The number of alkyl halides is 3. The van der Waals surface area contributed by atoms with Crippen molar-refractivity contribution in [1.29, 1.82) is 5.26 Å². The fraction of sp³-hybridized carbons (Fsp3) is 0.0909. The molecular weight excluding hydrogens is 423 g/mol. The van der Waals surface area contributed by atoms with Gasteiger partial charge in [-0.2, -0.15) is 28.0 Å². The SMILES string of the molecule is Cc1[nH]c2c(-c3ccccc3)c(C(F)(F)F)nn2c(=O)c1C(=O)Nc1ccc(C#N)cc1. The molecule has 0 aliphatic rings. The number of aromatic amines is 1. The third-order valence-corrected chi connectivity index (χ3v) is 4.80. The number of anilines is 1. The van der Waals surface area contributed by atoms with Gasteiger partial charge in [-0.3, -0.25) is 9.59 Å². The van der Waals surface area contributed by atoms with E-state index in [0.717, 1.165) is 0 Å². The Hall–Kier alpha value is -4.39. The van der Waals surface area contributed by atoms with Gasteiger partial charge in [-0.15, -0.1) is 0 Å². The molecule has 4 aromatic rings. The predicted molar refractivity (Wildman–Crippen MR) is 110 cm³/mol. The summed E-state index contributed by atoms with van der Waals surface area (Å²) in [6.45, 7) is 1.42. The molecule has 2 N–H and O–H groups in total. The van der Waals surface area contributed by atoms with Gasteiger partial charge < -0.3 is 10.3 Å². The highest BCUT2D eigenvalue weighted by Crippen LogP contribution is 2.38. The summed E-state index contributed by atoms with van der Waals surface area (Å²) < 4.78 is 41.7. The molecule has 0 fully saturated rings. The molecule has 2 aromatic carbocycles. The second-order valence-electron chi connectivity index (χ2n) is 6.92. The lowest BCUT2D eigenvalue weighted by Gasteiger charge is -2.09. The van der Waals surface area contributed by atoms with Gasteiger partial charge in [0.05, 0.1) is 17.2 Å². The molecule has 0 spiro atoms. The van der Waals surface area contributed by atoms with E-state index in [-0.39, 0.29) is 28.0 Å². The molecule has 0 unspecified atom stereocenters. The highest BCUT2D eigenvalue weighted by Gasteiger charge is 2.39. The molecule has 0 aliphatic carbocycles. The molecule has 2 aromatic heterocycles. The fourth-order valence-electron chi connectivity index (χ4n) is 3.35. The van der Waals surface area contributed by atoms with Crippen LogP contribution in [-0.2, 0) is 6.18 Å². The average Bonchev–Trinajstić information content (AvgIpc) is 3.15. The van der Waals surface area contributed by atoms with Crippen LogP contribution in [0.4, 0.5) is 18.9 Å². The van der Waals surface area contributed by atoms with Gasteiger partial charge in [-0.1, -0.05) is 30.3 Å². The minimum absolute atomic E-state index is 0.0828. The molecule has 0 aliphatic heterocycles. The Morgan fingerprint density at radius 3 is 2.38 bits per heavy atom. The molecule has 7 nitrogen and oxygen atoms in total. The molecule has 160 valence electrons. The lowest BCUT2D eigenvalue weighted by atomic mass is 10.1. The van der Waals surface area contributed by atoms with E-state index >= 15 is 0 Å². The van der Waals surface area contributed by atoms with E-state index in [0.29, 0.717) is 15.8 Å². The molecule has 0 saturated carbocycles. The minimum atomic E-state index is -4.82. The number of nitrogens with zero attached hydrogens (tertiary/aromatic N) is 3. The summed E-state index contributed by atoms with van der Waals surface area (Å²) >= 11 is 0. The smallest absolute Gasteiger partial charge is 0.342 e. The molecule has 2 heterocycles. The number of rotatable bonds is 3. The number of aryl methyl sites for hydroxylation is 1. The molecule has 10 heteroatoms. The highest BCUT2D eigenvalue weighted by molar-refractivity contribution is 6.05. The van der Waals surface area contributed by atoms with Crippen LogP contribution in [0.3, 0.4) is 0 Å². The van der Waals surface area contributed by atoms with Gasteiger partial charge in [0.25, 0.3) is 11.5 Å². The number of aromatic nitrogens is 3. The van der Waals surface area contributed by atoms with Gasteiger partial charge in [0.15, 0.2) is 5.69 Å². The number of H-pyrrole nitrogens is 1. The summed E-state index contributed by atoms with van der Waals surface area (Å²) in [5, 5.41) is 14.9. The van der Waals surface area contributed by atoms with E-state index in [1.54, 1.807) is 18.2 Å². The van der Waals surface area contributed by atoms with Crippen LogP contribution in [0.2, 0.25) is 0 Å². The number of nitriles is 1. The zero-order valence-corrected chi connectivity index (χ0v) is 16.5. The number of halogens is 3. The average molecular weight is 437 g/mol. The predicted octanol–water partition coefficient (Wildman–Crippen LogP) is 4.14. The summed E-state index contributed by atoms with van der Waals surface area (Å²) in [6, 6.07) is 15.6. The Morgan fingerprint density at radius 2 is 1.78 bits per heavy atom. The normalized spacial score (nSPS) is 11.3. The van der Waals surface area contributed by atoms with Gasteiger partial charge >= 0.3 is 6.18 Å². The Morgan fingerprint density at radius 1 is 1.12 bits per heavy atom. The second kappa shape index (κ2) is 7.70. The third-order valence-electron chi connectivity index (χ3n) is 4.80. The number of hydrogen-bond acceptors (Lipinski definition) is 4. The zero-order chi connectivity index (χ0) is 23.0. The van der Waals surface area contributed by atoms with Crippen molar-refractivity contribution in [2.45, 2.75) is 13.1 Å². The van der Waals surface area contributed by atoms with Crippen LogP contribution in [0.5, 0.6) is 0 Å². The second-order valence-corrected chi connectivity index (χ2v) is 6.92. The maximum Gasteiger partial charge on any atom is 0.435 e. The fourth-order valence-corrected chi connectivity index (χ4v) is 3.35. The van der Waals surface area contributed by atoms with Crippen molar-refractivity contribution in [3.63, 3.8) is 0 Å². The molecule has 1 amide bonds. The van der Waals surface area contributed by atoms with Crippen molar-refractivity contribution in [3.8, 4) is 17.2 Å². The Kier molecular flexibility index (Phi) is 5.02. The number of benzene rings is 2. The molecular formula is C22H14F3N5O2. The Balaban J connectivity index is 1.87. The van der Waals surface area contributed by atoms with Gasteiger partial charge in [0, 0.05) is 11.4 Å². The topological polar surface area (TPSA) is 103 Å². The molecule has 0 bridgehead atoms. The van der Waals surface area contributed by atoms with E-state index in [2.05, 4.69) is 15.4 Å². The summed E-state index contributed by atoms with van der Waals surface area (Å²) in [4.78, 5) is 28.5. The molecule has 0 atom stereocenters. The molecule has 4 rings (SSSR count). The van der Waals surface area contributed by atoms with Crippen molar-refractivity contribution in [3.05, 3.63) is 87.5 Å².